The van der Waals surface area contributed by atoms with Gasteiger partial charge in [0.15, 0.2) is 11.5 Å². The third kappa shape index (κ3) is 4.26. The first-order valence-corrected chi connectivity index (χ1v) is 6.50. The predicted octanol–water partition coefficient (Wildman–Crippen LogP) is 2.82. The van der Waals surface area contributed by atoms with E-state index in [0.717, 1.165) is 0 Å². The van der Waals surface area contributed by atoms with Crippen molar-refractivity contribution in [1.82, 2.24) is 0 Å². The van der Waals surface area contributed by atoms with Crippen LogP contribution in [0.15, 0.2) is 18.2 Å². The van der Waals surface area contributed by atoms with E-state index in [0.29, 0.717) is 35.5 Å². The zero-order valence-corrected chi connectivity index (χ0v) is 11.5. The second-order valence-corrected chi connectivity index (χ2v) is 4.08. The number of halogens is 1. The standard InChI is InChI=1S/C12H16BrNO3/c1-3-17-11-8-9(4-5-10(11)16-2)14-12(15)6-7-13/h4-5,8H,3,6-7H2,1-2H3,(H,14,15). The van der Waals surface area contributed by atoms with E-state index in [1.165, 1.54) is 0 Å². The monoisotopic (exact) mass is 301 g/mol. The van der Waals surface area contributed by atoms with Crippen molar-refractivity contribution in [1.29, 1.82) is 0 Å². The number of anilines is 1. The summed E-state index contributed by atoms with van der Waals surface area (Å²) in [6.45, 7) is 2.45. The molecule has 17 heavy (non-hydrogen) atoms. The summed E-state index contributed by atoms with van der Waals surface area (Å²) in [6.07, 6.45) is 0.440. The van der Waals surface area contributed by atoms with Gasteiger partial charge in [0.1, 0.15) is 0 Å². The molecule has 0 bridgehead atoms. The Hall–Kier alpha value is -1.23. The first-order chi connectivity index (χ1) is 8.21. The number of methoxy groups -OCH3 is 1. The van der Waals surface area contributed by atoms with Crippen LogP contribution in [0.3, 0.4) is 0 Å². The molecule has 0 aliphatic rings. The summed E-state index contributed by atoms with van der Waals surface area (Å²) in [5.74, 6) is 1.26. The molecular formula is C12H16BrNO3. The van der Waals surface area contributed by atoms with Crippen LogP contribution in [0, 0.1) is 0 Å². The molecular weight excluding hydrogens is 286 g/mol. The van der Waals surface area contributed by atoms with Crippen LogP contribution < -0.4 is 14.8 Å². The highest BCUT2D eigenvalue weighted by Gasteiger charge is 2.07. The van der Waals surface area contributed by atoms with E-state index >= 15 is 0 Å². The average molecular weight is 302 g/mol. The van der Waals surface area contributed by atoms with E-state index in [9.17, 15) is 4.79 Å². The van der Waals surface area contributed by atoms with Crippen LogP contribution in [0.5, 0.6) is 11.5 Å². The van der Waals surface area contributed by atoms with Gasteiger partial charge in [-0.15, -0.1) is 0 Å². The summed E-state index contributed by atoms with van der Waals surface area (Å²) in [5.41, 5.74) is 0.709. The molecule has 0 unspecified atom stereocenters. The third-order valence-corrected chi connectivity index (χ3v) is 2.47. The highest BCUT2D eigenvalue weighted by molar-refractivity contribution is 9.09. The number of nitrogens with one attached hydrogen (secondary N) is 1. The van der Waals surface area contributed by atoms with Crippen molar-refractivity contribution in [2.24, 2.45) is 0 Å². The minimum absolute atomic E-state index is 0.0329. The van der Waals surface area contributed by atoms with E-state index in [2.05, 4.69) is 21.2 Å². The minimum Gasteiger partial charge on any atom is -0.493 e. The number of carbonyl (C=O) groups is 1. The number of alkyl halides is 1. The van der Waals surface area contributed by atoms with E-state index in [1.54, 1.807) is 25.3 Å². The van der Waals surface area contributed by atoms with Gasteiger partial charge in [-0.2, -0.15) is 0 Å². The normalized spacial score (nSPS) is 9.82. The molecule has 0 spiro atoms. The zero-order valence-electron chi connectivity index (χ0n) is 9.96. The number of benzene rings is 1. The molecule has 5 heteroatoms. The van der Waals surface area contributed by atoms with E-state index in [-0.39, 0.29) is 5.91 Å². The van der Waals surface area contributed by atoms with Gasteiger partial charge in [0.05, 0.1) is 13.7 Å². The molecule has 0 aromatic heterocycles. The maximum atomic E-state index is 11.4. The molecule has 1 amide bonds. The molecule has 0 atom stereocenters. The number of hydrogen-bond acceptors (Lipinski definition) is 3. The fraction of sp³-hybridized carbons (Fsp3) is 0.417. The number of amides is 1. The van der Waals surface area contributed by atoms with Gasteiger partial charge < -0.3 is 14.8 Å². The number of hydrogen-bond donors (Lipinski definition) is 1. The summed E-state index contributed by atoms with van der Waals surface area (Å²) >= 11 is 3.22. The van der Waals surface area contributed by atoms with Crippen LogP contribution in [0.1, 0.15) is 13.3 Å². The molecule has 0 fully saturated rings. The van der Waals surface area contributed by atoms with Crippen LogP contribution in [-0.4, -0.2) is 25.0 Å². The van der Waals surface area contributed by atoms with Gasteiger partial charge in [-0.1, -0.05) is 15.9 Å². The Morgan fingerprint density at radius 1 is 1.41 bits per heavy atom. The predicted molar refractivity (Wildman–Crippen MR) is 71.2 cm³/mol. The first kappa shape index (κ1) is 13.8. The van der Waals surface area contributed by atoms with Crippen molar-refractivity contribution in [2.75, 3.05) is 24.4 Å². The van der Waals surface area contributed by atoms with E-state index < -0.39 is 0 Å². The molecule has 94 valence electrons. The molecule has 0 saturated carbocycles. The molecule has 0 aliphatic carbocycles. The van der Waals surface area contributed by atoms with Crippen molar-refractivity contribution in [3.8, 4) is 11.5 Å². The molecule has 0 heterocycles. The Morgan fingerprint density at radius 2 is 2.18 bits per heavy atom. The second kappa shape index (κ2) is 7.17. The van der Waals surface area contributed by atoms with E-state index in [1.807, 2.05) is 6.92 Å². The van der Waals surface area contributed by atoms with Gasteiger partial charge in [-0.3, -0.25) is 4.79 Å². The lowest BCUT2D eigenvalue weighted by Crippen LogP contribution is -2.11. The lowest BCUT2D eigenvalue weighted by Gasteiger charge is -2.11. The lowest BCUT2D eigenvalue weighted by molar-refractivity contribution is -0.115. The SMILES string of the molecule is CCOc1cc(NC(=O)CCBr)ccc1OC. The van der Waals surface area contributed by atoms with E-state index in [4.69, 9.17) is 9.47 Å². The fourth-order valence-corrected chi connectivity index (χ4v) is 1.69. The fourth-order valence-electron chi connectivity index (χ4n) is 1.33. The number of rotatable bonds is 6. The summed E-state index contributed by atoms with van der Waals surface area (Å²) in [4.78, 5) is 11.4. The van der Waals surface area contributed by atoms with Gasteiger partial charge in [-0.05, 0) is 19.1 Å². The average Bonchev–Trinajstić information content (AvgIpc) is 2.30. The Kier molecular flexibility index (Phi) is 5.83. The van der Waals surface area contributed by atoms with Crippen molar-refractivity contribution >= 4 is 27.5 Å². The summed E-state index contributed by atoms with van der Waals surface area (Å²) in [5, 5.41) is 3.43. The van der Waals surface area contributed by atoms with Gasteiger partial charge >= 0.3 is 0 Å². The highest BCUT2D eigenvalue weighted by Crippen LogP contribution is 2.30. The van der Waals surface area contributed by atoms with Crippen molar-refractivity contribution < 1.29 is 14.3 Å². The topological polar surface area (TPSA) is 47.6 Å². The van der Waals surface area contributed by atoms with Crippen LogP contribution >= 0.6 is 15.9 Å². The quantitative estimate of drug-likeness (QED) is 0.822. The molecule has 0 saturated heterocycles. The van der Waals surface area contributed by atoms with Crippen molar-refractivity contribution in [2.45, 2.75) is 13.3 Å². The summed E-state index contributed by atoms with van der Waals surface area (Å²) in [7, 11) is 1.58. The minimum atomic E-state index is -0.0329. The number of ether oxygens (including phenoxy) is 2. The lowest BCUT2D eigenvalue weighted by atomic mass is 10.2. The Bertz CT molecular complexity index is 382. The van der Waals surface area contributed by atoms with Crippen LogP contribution in [0.25, 0.3) is 0 Å². The molecule has 0 aliphatic heterocycles. The first-order valence-electron chi connectivity index (χ1n) is 5.38. The van der Waals surface area contributed by atoms with Gasteiger partial charge in [0.2, 0.25) is 5.91 Å². The Labute approximate surface area is 109 Å². The van der Waals surface area contributed by atoms with Gasteiger partial charge in [0.25, 0.3) is 0 Å². The second-order valence-electron chi connectivity index (χ2n) is 3.29. The molecule has 1 N–H and O–H groups in total. The maximum Gasteiger partial charge on any atom is 0.225 e. The van der Waals surface area contributed by atoms with Crippen LogP contribution in [-0.2, 0) is 4.79 Å². The van der Waals surface area contributed by atoms with Gasteiger partial charge in [-0.25, -0.2) is 0 Å². The van der Waals surface area contributed by atoms with Crippen molar-refractivity contribution in [3.05, 3.63) is 18.2 Å². The summed E-state index contributed by atoms with van der Waals surface area (Å²) in [6, 6.07) is 5.32. The largest absolute Gasteiger partial charge is 0.493 e. The number of carbonyl (C=O) groups excluding carboxylic acids is 1. The van der Waals surface area contributed by atoms with Crippen molar-refractivity contribution in [3.63, 3.8) is 0 Å². The molecule has 0 radical (unpaired) electrons. The van der Waals surface area contributed by atoms with Gasteiger partial charge in [0, 0.05) is 23.5 Å². The molecule has 1 aromatic rings. The Morgan fingerprint density at radius 3 is 2.76 bits per heavy atom. The summed E-state index contributed by atoms with van der Waals surface area (Å²) < 4.78 is 10.6. The maximum absolute atomic E-state index is 11.4. The van der Waals surface area contributed by atoms with Crippen LogP contribution in [0.4, 0.5) is 5.69 Å². The highest BCUT2D eigenvalue weighted by atomic mass is 79.9. The Balaban J connectivity index is 2.80. The van der Waals surface area contributed by atoms with Crippen LogP contribution in [0.2, 0.25) is 0 Å². The zero-order chi connectivity index (χ0) is 12.7. The smallest absolute Gasteiger partial charge is 0.225 e. The molecule has 4 nitrogen and oxygen atoms in total. The molecule has 1 aromatic carbocycles. The molecule has 1 rings (SSSR count). The third-order valence-electron chi connectivity index (χ3n) is 2.07.